The molecule has 0 N–H and O–H groups in total. The van der Waals surface area contributed by atoms with Gasteiger partial charge < -0.3 is 0 Å². The first-order valence-corrected chi connectivity index (χ1v) is 4.62. The molecular formula is C12H3F6. The Hall–Kier alpha value is -1.98. The van der Waals surface area contributed by atoms with Crippen molar-refractivity contribution in [2.75, 3.05) is 0 Å². The van der Waals surface area contributed by atoms with Crippen LogP contribution in [0.25, 0.3) is 11.1 Å². The number of rotatable bonds is 1. The van der Waals surface area contributed by atoms with Crippen LogP contribution in [-0.2, 0) is 0 Å². The van der Waals surface area contributed by atoms with Gasteiger partial charge in [-0.25, -0.2) is 26.3 Å². The zero-order chi connectivity index (χ0) is 13.4. The lowest BCUT2D eigenvalue weighted by Gasteiger charge is -2.08. The maximum Gasteiger partial charge on any atom is 0.145 e. The van der Waals surface area contributed by atoms with E-state index in [2.05, 4.69) is 0 Å². The predicted octanol–water partition coefficient (Wildman–Crippen LogP) is 3.99. The summed E-state index contributed by atoms with van der Waals surface area (Å²) >= 11 is 0. The van der Waals surface area contributed by atoms with Crippen molar-refractivity contribution < 1.29 is 26.3 Å². The van der Waals surface area contributed by atoms with Gasteiger partial charge in [0.2, 0.25) is 0 Å². The monoisotopic (exact) mass is 261 g/mol. The van der Waals surface area contributed by atoms with Gasteiger partial charge in [-0.1, -0.05) is 0 Å². The van der Waals surface area contributed by atoms with Crippen LogP contribution in [0.5, 0.6) is 0 Å². The third kappa shape index (κ3) is 2.05. The standard InChI is InChI=1S/C12H3F6/c13-5-1-7(15)11(8(16)2-5)12-9(17)3-6(14)4-10(12)18/h1-3H. The molecule has 0 heterocycles. The molecule has 6 heteroatoms. The molecule has 0 bridgehead atoms. The maximum absolute atomic E-state index is 13.3. The minimum absolute atomic E-state index is 0.223. The molecule has 0 fully saturated rings. The average Bonchev–Trinajstić information content (AvgIpc) is 2.20. The van der Waals surface area contributed by atoms with E-state index in [0.717, 1.165) is 0 Å². The fourth-order valence-corrected chi connectivity index (χ4v) is 1.50. The third-order valence-electron chi connectivity index (χ3n) is 2.20. The van der Waals surface area contributed by atoms with E-state index in [1.54, 1.807) is 0 Å². The lowest BCUT2D eigenvalue weighted by atomic mass is 10.0. The third-order valence-corrected chi connectivity index (χ3v) is 2.20. The van der Waals surface area contributed by atoms with Crippen LogP contribution in [0.1, 0.15) is 0 Å². The summed E-state index contributed by atoms with van der Waals surface area (Å²) in [5.74, 6) is -8.68. The van der Waals surface area contributed by atoms with Gasteiger partial charge >= 0.3 is 0 Å². The van der Waals surface area contributed by atoms with Gasteiger partial charge in [0, 0.05) is 18.2 Å². The molecule has 0 aromatic heterocycles. The molecule has 18 heavy (non-hydrogen) atoms. The van der Waals surface area contributed by atoms with Crippen LogP contribution < -0.4 is 0 Å². The van der Waals surface area contributed by atoms with Crippen LogP contribution in [0.3, 0.4) is 0 Å². The second-order valence-corrected chi connectivity index (χ2v) is 3.40. The molecule has 0 aliphatic heterocycles. The van der Waals surface area contributed by atoms with E-state index in [1.807, 2.05) is 0 Å². The van der Waals surface area contributed by atoms with Gasteiger partial charge in [-0.15, -0.1) is 0 Å². The van der Waals surface area contributed by atoms with Gasteiger partial charge in [-0.3, -0.25) is 0 Å². The molecule has 0 saturated heterocycles. The molecular weight excluding hydrogens is 258 g/mol. The molecule has 0 unspecified atom stereocenters. The number of benzene rings is 2. The topological polar surface area (TPSA) is 0 Å². The summed E-state index contributed by atoms with van der Waals surface area (Å²) in [6.07, 6.45) is 0. The second-order valence-electron chi connectivity index (χ2n) is 3.40. The Balaban J connectivity index is 2.78. The van der Waals surface area contributed by atoms with Gasteiger partial charge in [0.05, 0.1) is 17.2 Å². The molecule has 0 aliphatic carbocycles. The van der Waals surface area contributed by atoms with E-state index in [4.69, 9.17) is 0 Å². The van der Waals surface area contributed by atoms with Crippen LogP contribution in [-0.4, -0.2) is 0 Å². The van der Waals surface area contributed by atoms with Crippen LogP contribution in [0.15, 0.2) is 18.2 Å². The highest BCUT2D eigenvalue weighted by Crippen LogP contribution is 2.31. The molecule has 0 saturated carbocycles. The summed E-state index contributed by atoms with van der Waals surface area (Å²) in [5, 5.41) is 0. The Morgan fingerprint density at radius 2 is 1.17 bits per heavy atom. The highest BCUT2D eigenvalue weighted by atomic mass is 19.2. The van der Waals surface area contributed by atoms with Crippen molar-refractivity contribution in [2.45, 2.75) is 0 Å². The van der Waals surface area contributed by atoms with E-state index < -0.39 is 46.0 Å². The summed E-state index contributed by atoms with van der Waals surface area (Å²) in [4.78, 5) is 0. The Bertz CT molecular complexity index is 518. The van der Waals surface area contributed by atoms with Crippen LogP contribution >= 0.6 is 0 Å². The highest BCUT2D eigenvalue weighted by Gasteiger charge is 2.21. The van der Waals surface area contributed by atoms with Crippen molar-refractivity contribution in [3.63, 3.8) is 0 Å². The first kappa shape index (κ1) is 12.5. The number of halogens is 6. The Labute approximate surface area is 97.5 Å². The molecule has 1 radical (unpaired) electrons. The van der Waals surface area contributed by atoms with Gasteiger partial charge in [-0.2, -0.15) is 0 Å². The van der Waals surface area contributed by atoms with Crippen LogP contribution in [0.4, 0.5) is 26.3 Å². The van der Waals surface area contributed by atoms with Crippen LogP contribution in [0, 0.1) is 41.0 Å². The lowest BCUT2D eigenvalue weighted by Crippen LogP contribution is -1.99. The average molecular weight is 261 g/mol. The van der Waals surface area contributed by atoms with Crippen molar-refractivity contribution >= 4 is 0 Å². The number of hydrogen-bond acceptors (Lipinski definition) is 0. The van der Waals surface area contributed by atoms with E-state index >= 15 is 0 Å². The smallest absolute Gasteiger partial charge is 0.145 e. The first-order valence-electron chi connectivity index (χ1n) is 4.62. The molecule has 2 aromatic carbocycles. The Morgan fingerprint density at radius 1 is 0.667 bits per heavy atom. The van der Waals surface area contributed by atoms with Gasteiger partial charge in [0.1, 0.15) is 34.9 Å². The van der Waals surface area contributed by atoms with Gasteiger partial charge in [-0.05, 0) is 0 Å². The zero-order valence-electron chi connectivity index (χ0n) is 8.50. The van der Waals surface area contributed by atoms with E-state index in [9.17, 15) is 26.3 Å². The largest absolute Gasteiger partial charge is 0.207 e. The molecule has 2 aromatic rings. The maximum atomic E-state index is 13.3. The highest BCUT2D eigenvalue weighted by molar-refractivity contribution is 5.66. The molecule has 0 atom stereocenters. The predicted molar refractivity (Wildman–Crippen MR) is 50.5 cm³/mol. The fraction of sp³-hybridized carbons (Fsp3) is 0. The Morgan fingerprint density at radius 3 is 1.67 bits per heavy atom. The summed E-state index contributed by atoms with van der Waals surface area (Å²) in [5.41, 5.74) is -2.24. The first-order chi connectivity index (χ1) is 8.40. The second kappa shape index (κ2) is 4.36. The van der Waals surface area contributed by atoms with E-state index in [0.29, 0.717) is 0 Å². The van der Waals surface area contributed by atoms with E-state index in [-0.39, 0.29) is 18.2 Å². The molecule has 0 amide bonds. The molecule has 2 rings (SSSR count). The van der Waals surface area contributed by atoms with Crippen molar-refractivity contribution in [1.82, 2.24) is 0 Å². The minimum atomic E-state index is -1.60. The minimum Gasteiger partial charge on any atom is -0.207 e. The molecule has 0 aliphatic rings. The SMILES string of the molecule is Fc1[c]c(F)c(-c2c(F)cc(F)cc2F)c(F)c1. The summed E-state index contributed by atoms with van der Waals surface area (Å²) in [6.45, 7) is 0. The van der Waals surface area contributed by atoms with Gasteiger partial charge in [0.25, 0.3) is 0 Å². The Kier molecular flexibility index (Phi) is 3.02. The van der Waals surface area contributed by atoms with Crippen molar-refractivity contribution in [3.8, 4) is 11.1 Å². The zero-order valence-corrected chi connectivity index (χ0v) is 8.50. The van der Waals surface area contributed by atoms with Crippen molar-refractivity contribution in [1.29, 1.82) is 0 Å². The normalized spacial score (nSPS) is 10.8. The quantitative estimate of drug-likeness (QED) is 0.681. The summed E-state index contributed by atoms with van der Waals surface area (Å²) < 4.78 is 78.6. The van der Waals surface area contributed by atoms with Crippen molar-refractivity contribution in [2.24, 2.45) is 0 Å². The summed E-state index contributed by atoms with van der Waals surface area (Å²) in [7, 11) is 0. The molecule has 0 spiro atoms. The van der Waals surface area contributed by atoms with Crippen molar-refractivity contribution in [3.05, 3.63) is 59.2 Å². The lowest BCUT2D eigenvalue weighted by molar-refractivity contribution is 0.527. The van der Waals surface area contributed by atoms with E-state index in [1.165, 1.54) is 6.07 Å². The molecule has 93 valence electrons. The van der Waals surface area contributed by atoms with Crippen LogP contribution in [0.2, 0.25) is 0 Å². The van der Waals surface area contributed by atoms with Gasteiger partial charge in [0.15, 0.2) is 0 Å². The number of hydrogen-bond donors (Lipinski definition) is 0. The molecule has 0 nitrogen and oxygen atoms in total. The summed E-state index contributed by atoms with van der Waals surface area (Å²) in [6, 6.07) is 2.20. The fourth-order valence-electron chi connectivity index (χ4n) is 1.50.